The first-order chi connectivity index (χ1) is 8.59. The van der Waals surface area contributed by atoms with E-state index in [0.29, 0.717) is 5.92 Å². The fraction of sp³-hybridized carbons (Fsp3) is 0.600. The number of aryl methyl sites for hydroxylation is 1. The van der Waals surface area contributed by atoms with Crippen molar-refractivity contribution in [2.24, 2.45) is 11.7 Å². The van der Waals surface area contributed by atoms with Crippen molar-refractivity contribution in [2.75, 3.05) is 0 Å². The number of rotatable bonds is 2. The molecule has 0 aliphatic heterocycles. The van der Waals surface area contributed by atoms with Crippen LogP contribution in [0.25, 0.3) is 0 Å². The number of hydrogen-bond donors (Lipinski definition) is 1. The summed E-state index contributed by atoms with van der Waals surface area (Å²) in [7, 11) is 0. The Balaban J connectivity index is 2.21. The highest BCUT2D eigenvalue weighted by atomic mass is 79.9. The number of hydrogen-bond acceptors (Lipinski definition) is 1. The molecule has 0 heterocycles. The minimum Gasteiger partial charge on any atom is -0.324 e. The third-order valence-electron chi connectivity index (χ3n) is 4.04. The van der Waals surface area contributed by atoms with Gasteiger partial charge in [0.2, 0.25) is 0 Å². The summed E-state index contributed by atoms with van der Waals surface area (Å²) in [5, 5.41) is 0. The van der Waals surface area contributed by atoms with E-state index in [0.717, 1.165) is 8.95 Å². The van der Waals surface area contributed by atoms with Crippen molar-refractivity contribution < 1.29 is 0 Å². The summed E-state index contributed by atoms with van der Waals surface area (Å²) in [6.45, 7) is 2.11. The maximum atomic E-state index is 6.51. The van der Waals surface area contributed by atoms with Gasteiger partial charge in [0.25, 0.3) is 0 Å². The predicted octanol–water partition coefficient (Wildman–Crippen LogP) is 5.49. The average Bonchev–Trinajstić information content (AvgIpc) is 2.61. The van der Waals surface area contributed by atoms with Gasteiger partial charge in [-0.1, -0.05) is 57.5 Å². The van der Waals surface area contributed by atoms with E-state index in [4.69, 9.17) is 5.73 Å². The molecule has 1 fully saturated rings. The zero-order chi connectivity index (χ0) is 13.1. The Bertz CT molecular complexity index is 409. The molecule has 0 amide bonds. The zero-order valence-corrected chi connectivity index (χ0v) is 14.1. The highest BCUT2D eigenvalue weighted by molar-refractivity contribution is 9.11. The lowest BCUT2D eigenvalue weighted by atomic mass is 9.87. The molecule has 2 N–H and O–H groups in total. The summed E-state index contributed by atoms with van der Waals surface area (Å²) in [5.41, 5.74) is 9.01. The maximum Gasteiger partial charge on any atom is 0.0335 e. The van der Waals surface area contributed by atoms with Gasteiger partial charge in [0.1, 0.15) is 0 Å². The summed E-state index contributed by atoms with van der Waals surface area (Å²) >= 11 is 7.28. The van der Waals surface area contributed by atoms with Crippen molar-refractivity contribution >= 4 is 31.9 Å². The molecule has 0 spiro atoms. The van der Waals surface area contributed by atoms with Crippen LogP contribution in [0, 0.1) is 12.8 Å². The maximum absolute atomic E-state index is 6.51. The van der Waals surface area contributed by atoms with E-state index < -0.39 is 0 Å². The van der Waals surface area contributed by atoms with Crippen LogP contribution in [0.1, 0.15) is 55.7 Å². The van der Waals surface area contributed by atoms with E-state index in [1.165, 1.54) is 49.7 Å². The molecule has 0 aromatic heterocycles. The first-order valence-electron chi connectivity index (χ1n) is 6.80. The van der Waals surface area contributed by atoms with Crippen LogP contribution in [-0.4, -0.2) is 0 Å². The zero-order valence-electron chi connectivity index (χ0n) is 10.9. The topological polar surface area (TPSA) is 26.0 Å². The Morgan fingerprint density at radius 1 is 1.06 bits per heavy atom. The summed E-state index contributed by atoms with van der Waals surface area (Å²) in [6.07, 6.45) is 7.98. The van der Waals surface area contributed by atoms with Gasteiger partial charge < -0.3 is 5.73 Å². The minimum absolute atomic E-state index is 0.161. The fourth-order valence-electron chi connectivity index (χ4n) is 2.84. The molecule has 1 unspecified atom stereocenters. The second-order valence-corrected chi connectivity index (χ2v) is 7.11. The van der Waals surface area contributed by atoms with Crippen LogP contribution in [0.5, 0.6) is 0 Å². The highest BCUT2D eigenvalue weighted by Crippen LogP contribution is 2.36. The van der Waals surface area contributed by atoms with Crippen molar-refractivity contribution in [3.63, 3.8) is 0 Å². The molecule has 1 aliphatic rings. The van der Waals surface area contributed by atoms with Gasteiger partial charge in [-0.05, 0) is 48.9 Å². The van der Waals surface area contributed by atoms with E-state index in [9.17, 15) is 0 Å². The van der Waals surface area contributed by atoms with Gasteiger partial charge >= 0.3 is 0 Å². The molecule has 100 valence electrons. The summed E-state index contributed by atoms with van der Waals surface area (Å²) in [5.74, 6) is 0.637. The largest absolute Gasteiger partial charge is 0.324 e. The van der Waals surface area contributed by atoms with Crippen molar-refractivity contribution in [3.05, 3.63) is 32.2 Å². The van der Waals surface area contributed by atoms with Crippen LogP contribution in [0.2, 0.25) is 0 Å². The molecule has 1 saturated carbocycles. The van der Waals surface area contributed by atoms with Crippen molar-refractivity contribution in [1.29, 1.82) is 0 Å². The lowest BCUT2D eigenvalue weighted by molar-refractivity contribution is 0.381. The van der Waals surface area contributed by atoms with Gasteiger partial charge in [0.15, 0.2) is 0 Å². The molecule has 18 heavy (non-hydrogen) atoms. The molecule has 0 saturated heterocycles. The Morgan fingerprint density at radius 2 is 1.67 bits per heavy atom. The van der Waals surface area contributed by atoms with E-state index in [2.05, 4.69) is 50.9 Å². The molecule has 2 rings (SSSR count). The van der Waals surface area contributed by atoms with Gasteiger partial charge in [0, 0.05) is 15.0 Å². The normalized spacial score (nSPS) is 19.6. The molecule has 1 atom stereocenters. The molecular weight excluding hydrogens is 354 g/mol. The van der Waals surface area contributed by atoms with Crippen LogP contribution in [0.3, 0.4) is 0 Å². The van der Waals surface area contributed by atoms with Crippen molar-refractivity contribution in [2.45, 2.75) is 51.5 Å². The smallest absolute Gasteiger partial charge is 0.0335 e. The second kappa shape index (κ2) is 6.53. The number of nitrogens with two attached hydrogens (primary N) is 1. The van der Waals surface area contributed by atoms with Crippen LogP contribution in [-0.2, 0) is 0 Å². The number of benzene rings is 1. The monoisotopic (exact) mass is 373 g/mol. The van der Waals surface area contributed by atoms with Crippen LogP contribution in [0.15, 0.2) is 21.1 Å². The first-order valence-corrected chi connectivity index (χ1v) is 8.39. The molecule has 1 aliphatic carbocycles. The summed E-state index contributed by atoms with van der Waals surface area (Å²) in [4.78, 5) is 0. The standard InChI is InChI=1S/C15H21Br2N/c1-10-8-14(17)12(9-13(10)16)15(18)11-6-4-2-3-5-7-11/h8-9,11,15H,2-7,18H2,1H3. The third kappa shape index (κ3) is 3.37. The Hall–Kier alpha value is 0.140. The fourth-order valence-corrected chi connectivity index (χ4v) is 3.92. The second-order valence-electron chi connectivity index (χ2n) is 5.40. The third-order valence-corrected chi connectivity index (χ3v) is 5.59. The Labute approximate surface area is 127 Å². The van der Waals surface area contributed by atoms with E-state index >= 15 is 0 Å². The van der Waals surface area contributed by atoms with Gasteiger partial charge in [-0.15, -0.1) is 0 Å². The molecule has 0 radical (unpaired) electrons. The van der Waals surface area contributed by atoms with E-state index in [-0.39, 0.29) is 6.04 Å². The summed E-state index contributed by atoms with van der Waals surface area (Å²) in [6, 6.07) is 4.51. The van der Waals surface area contributed by atoms with Gasteiger partial charge in [-0.3, -0.25) is 0 Å². The van der Waals surface area contributed by atoms with Crippen LogP contribution >= 0.6 is 31.9 Å². The molecule has 3 heteroatoms. The minimum atomic E-state index is 0.161. The average molecular weight is 375 g/mol. The molecule has 1 aromatic rings. The van der Waals surface area contributed by atoms with Crippen molar-refractivity contribution in [3.8, 4) is 0 Å². The van der Waals surface area contributed by atoms with Crippen LogP contribution < -0.4 is 5.73 Å². The SMILES string of the molecule is Cc1cc(Br)c(C(N)C2CCCCCC2)cc1Br. The lowest BCUT2D eigenvalue weighted by Gasteiger charge is -2.24. The molecular formula is C15H21Br2N. The number of halogens is 2. The van der Waals surface area contributed by atoms with E-state index in [1.54, 1.807) is 0 Å². The Kier molecular flexibility index (Phi) is 5.28. The highest BCUT2D eigenvalue weighted by Gasteiger charge is 2.23. The Morgan fingerprint density at radius 3 is 2.28 bits per heavy atom. The molecule has 1 aromatic carbocycles. The molecule has 1 nitrogen and oxygen atoms in total. The van der Waals surface area contributed by atoms with E-state index in [1.807, 2.05) is 0 Å². The lowest BCUT2D eigenvalue weighted by Crippen LogP contribution is -2.21. The quantitative estimate of drug-likeness (QED) is 0.680. The van der Waals surface area contributed by atoms with Gasteiger partial charge in [-0.25, -0.2) is 0 Å². The van der Waals surface area contributed by atoms with Gasteiger partial charge in [-0.2, -0.15) is 0 Å². The summed E-state index contributed by atoms with van der Waals surface area (Å²) < 4.78 is 2.31. The van der Waals surface area contributed by atoms with Gasteiger partial charge in [0.05, 0.1) is 0 Å². The predicted molar refractivity (Wildman–Crippen MR) is 84.7 cm³/mol. The first kappa shape index (κ1) is 14.5. The van der Waals surface area contributed by atoms with Crippen molar-refractivity contribution in [1.82, 2.24) is 0 Å². The molecule has 0 bridgehead atoms. The van der Waals surface area contributed by atoms with Crippen LogP contribution in [0.4, 0.5) is 0 Å².